The third kappa shape index (κ3) is 7.60. The molecule has 2 aliphatic carbocycles. The monoisotopic (exact) mass is 844 g/mol. The highest BCUT2D eigenvalue weighted by Gasteiger charge is 2.55. The number of aromatic amines is 2. The van der Waals surface area contributed by atoms with Crippen LogP contribution in [0, 0.1) is 11.3 Å². The third-order valence-electron chi connectivity index (χ3n) is 12.5. The molecule has 8 rings (SSSR count). The predicted molar refractivity (Wildman–Crippen MR) is 221 cm³/mol. The average Bonchev–Trinajstić information content (AvgIpc) is 3.84. The van der Waals surface area contributed by atoms with Gasteiger partial charge in [-0.15, -0.1) is 0 Å². The van der Waals surface area contributed by atoms with Gasteiger partial charge in [0.2, 0.25) is 11.8 Å². The number of amides is 4. The van der Waals surface area contributed by atoms with Gasteiger partial charge in [-0.05, 0) is 85.1 Å². The Labute approximate surface area is 351 Å². The van der Waals surface area contributed by atoms with Gasteiger partial charge in [0.05, 0.1) is 50.1 Å². The van der Waals surface area contributed by atoms with Crippen LogP contribution in [-0.4, -0.2) is 105 Å². The standard InChI is InChI=1S/C43H50F2N8O6S/c1-23(2)35(51-41(57)59-4)39(55)53-22-42(13-14-42)19-34(53)37-47-21-32(49-37)25-9-11-27-26-10-8-24(17-28(26)43(44,45)29(27)18-25)31-20-46-36(48-31)33-7-6-15-52(33)38(54)30(12-16-60-5)50-40(56)58-3/h8-11,17-18,20-21,23,30,33-35H,6-7,12-16,19,22H2,1-5H3,(H,46,48)(H,47,49)(H,50,56)(H,51,57)/t30-,33-,34-,35-/m0/s1. The number of rotatable bonds is 12. The molecular formula is C43H50F2N8O6S. The molecule has 4 aliphatic rings. The van der Waals surface area contributed by atoms with Crippen molar-refractivity contribution in [2.45, 2.75) is 82.5 Å². The van der Waals surface area contributed by atoms with Crippen LogP contribution in [-0.2, 0) is 25.0 Å². The number of nitrogens with zero attached hydrogens (tertiary/aromatic N) is 4. The molecule has 318 valence electrons. The summed E-state index contributed by atoms with van der Waals surface area (Å²) in [5.74, 6) is -2.13. The first-order valence-electron chi connectivity index (χ1n) is 20.3. The average molecular weight is 845 g/mol. The van der Waals surface area contributed by atoms with Gasteiger partial charge in [0, 0.05) is 35.3 Å². The van der Waals surface area contributed by atoms with E-state index in [1.165, 1.54) is 26.4 Å². The number of alkyl carbamates (subject to hydrolysis) is 2. The highest BCUT2D eigenvalue weighted by Crippen LogP contribution is 2.58. The summed E-state index contributed by atoms with van der Waals surface area (Å²) in [7, 11) is 2.52. The Kier molecular flexibility index (Phi) is 11.1. The minimum Gasteiger partial charge on any atom is -0.453 e. The maximum atomic E-state index is 16.5. The van der Waals surface area contributed by atoms with E-state index in [0.717, 1.165) is 25.7 Å². The van der Waals surface area contributed by atoms with Gasteiger partial charge in [0.15, 0.2) is 0 Å². The van der Waals surface area contributed by atoms with Crippen LogP contribution in [0.2, 0.25) is 0 Å². The molecule has 4 atom stereocenters. The number of hydrogen-bond acceptors (Lipinski definition) is 9. The summed E-state index contributed by atoms with van der Waals surface area (Å²) in [4.78, 5) is 71.2. The first kappa shape index (κ1) is 41.3. The van der Waals surface area contributed by atoms with Gasteiger partial charge in [-0.1, -0.05) is 38.1 Å². The molecule has 17 heteroatoms. The molecule has 60 heavy (non-hydrogen) atoms. The van der Waals surface area contributed by atoms with Gasteiger partial charge in [0.25, 0.3) is 5.92 Å². The van der Waals surface area contributed by atoms with Gasteiger partial charge in [-0.25, -0.2) is 19.6 Å². The van der Waals surface area contributed by atoms with E-state index < -0.39 is 30.2 Å². The number of hydrogen-bond donors (Lipinski definition) is 4. The molecule has 4 N–H and O–H groups in total. The van der Waals surface area contributed by atoms with E-state index in [1.807, 2.05) is 20.1 Å². The molecule has 3 fully saturated rings. The molecule has 4 heterocycles. The normalized spacial score (nSPS) is 20.5. The van der Waals surface area contributed by atoms with Crippen LogP contribution in [0.5, 0.6) is 0 Å². The predicted octanol–water partition coefficient (Wildman–Crippen LogP) is 7.16. The molecule has 2 aromatic heterocycles. The van der Waals surface area contributed by atoms with Crippen molar-refractivity contribution in [3.8, 4) is 33.6 Å². The number of ether oxygens (including phenoxy) is 2. The molecule has 2 saturated heterocycles. The summed E-state index contributed by atoms with van der Waals surface area (Å²) < 4.78 is 42.6. The van der Waals surface area contributed by atoms with E-state index >= 15 is 8.78 Å². The van der Waals surface area contributed by atoms with Crippen molar-refractivity contribution in [2.75, 3.05) is 39.3 Å². The van der Waals surface area contributed by atoms with Gasteiger partial charge in [0.1, 0.15) is 23.7 Å². The molecule has 4 aromatic rings. The fraction of sp³-hybridized carbons (Fsp3) is 0.488. The Balaban J connectivity index is 1.01. The molecule has 0 unspecified atom stereocenters. The number of likely N-dealkylation sites (tertiary alicyclic amines) is 2. The molecule has 2 aliphatic heterocycles. The molecule has 0 radical (unpaired) electrons. The second-order valence-electron chi connectivity index (χ2n) is 16.7. The number of carbonyl (C=O) groups is 4. The number of imidazole rings is 2. The van der Waals surface area contributed by atoms with E-state index in [4.69, 9.17) is 9.47 Å². The summed E-state index contributed by atoms with van der Waals surface area (Å²) >= 11 is 1.58. The lowest BCUT2D eigenvalue weighted by atomic mass is 10.0. The molecule has 4 amide bonds. The third-order valence-corrected chi connectivity index (χ3v) is 13.2. The Morgan fingerprint density at radius 2 is 1.45 bits per heavy atom. The van der Waals surface area contributed by atoms with Crippen molar-refractivity contribution >= 4 is 35.8 Å². The van der Waals surface area contributed by atoms with Crippen LogP contribution in [0.25, 0.3) is 33.6 Å². The number of thioether (sulfide) groups is 1. The van der Waals surface area contributed by atoms with Gasteiger partial charge in [-0.3, -0.25) is 9.59 Å². The van der Waals surface area contributed by atoms with Crippen LogP contribution in [0.3, 0.4) is 0 Å². The Morgan fingerprint density at radius 1 is 0.867 bits per heavy atom. The number of nitrogens with one attached hydrogen (secondary N) is 4. The lowest BCUT2D eigenvalue weighted by Gasteiger charge is -2.30. The highest BCUT2D eigenvalue weighted by molar-refractivity contribution is 7.98. The topological polar surface area (TPSA) is 175 Å². The summed E-state index contributed by atoms with van der Waals surface area (Å²) in [6.07, 6.45) is 8.38. The number of halogens is 2. The largest absolute Gasteiger partial charge is 0.453 e. The van der Waals surface area contributed by atoms with Crippen molar-refractivity contribution in [3.05, 3.63) is 71.6 Å². The fourth-order valence-electron chi connectivity index (χ4n) is 9.02. The second-order valence-corrected chi connectivity index (χ2v) is 17.6. The molecule has 0 bridgehead atoms. The van der Waals surface area contributed by atoms with Crippen LogP contribution in [0.15, 0.2) is 48.8 Å². The number of carbonyl (C=O) groups excluding carboxylic acids is 4. The molecular weight excluding hydrogens is 795 g/mol. The van der Waals surface area contributed by atoms with Crippen molar-refractivity contribution in [2.24, 2.45) is 11.3 Å². The second kappa shape index (κ2) is 16.2. The van der Waals surface area contributed by atoms with Crippen molar-refractivity contribution in [1.82, 2.24) is 40.4 Å². The minimum atomic E-state index is -3.30. The lowest BCUT2D eigenvalue weighted by molar-refractivity contribution is -0.136. The summed E-state index contributed by atoms with van der Waals surface area (Å²) in [6, 6.07) is 7.75. The Hall–Kier alpha value is -5.45. The maximum absolute atomic E-state index is 16.5. The highest BCUT2D eigenvalue weighted by atomic mass is 32.2. The van der Waals surface area contributed by atoms with E-state index in [-0.39, 0.29) is 46.4 Å². The number of H-pyrrole nitrogens is 2. The summed E-state index contributed by atoms with van der Waals surface area (Å²) in [6.45, 7) is 4.78. The number of methoxy groups -OCH3 is 2. The SMILES string of the molecule is COC(=O)N[C@@H](CCSC)C(=O)N1CCC[C@H]1c1ncc(-c2ccc3c(c2)C(F)(F)c2cc(-c4cnc([C@@H]5CC6(CC6)CN5C(=O)[C@@H](NC(=O)OC)C(C)C)[nH]4)ccc2-3)[nH]1. The van der Waals surface area contributed by atoms with Crippen molar-refractivity contribution in [1.29, 1.82) is 0 Å². The van der Waals surface area contributed by atoms with Crippen LogP contribution in [0.1, 0.15) is 87.2 Å². The van der Waals surface area contributed by atoms with Crippen molar-refractivity contribution < 1.29 is 37.4 Å². The molecule has 2 aromatic carbocycles. The Morgan fingerprint density at radius 3 is 2.00 bits per heavy atom. The number of alkyl halides is 2. The van der Waals surface area contributed by atoms with E-state index in [0.29, 0.717) is 77.0 Å². The van der Waals surface area contributed by atoms with Gasteiger partial charge >= 0.3 is 12.2 Å². The quantitative estimate of drug-likeness (QED) is 0.115. The zero-order valence-corrected chi connectivity index (χ0v) is 35.1. The smallest absolute Gasteiger partial charge is 0.407 e. The minimum absolute atomic E-state index is 0.00930. The van der Waals surface area contributed by atoms with E-state index in [9.17, 15) is 19.2 Å². The van der Waals surface area contributed by atoms with Gasteiger partial charge in [-0.2, -0.15) is 20.5 Å². The molecule has 14 nitrogen and oxygen atoms in total. The number of benzene rings is 2. The van der Waals surface area contributed by atoms with E-state index in [2.05, 4.69) is 30.6 Å². The lowest BCUT2D eigenvalue weighted by Crippen LogP contribution is -2.51. The van der Waals surface area contributed by atoms with Crippen LogP contribution >= 0.6 is 11.8 Å². The van der Waals surface area contributed by atoms with Crippen LogP contribution in [0.4, 0.5) is 18.4 Å². The zero-order valence-electron chi connectivity index (χ0n) is 34.3. The molecule has 1 saturated carbocycles. The summed E-state index contributed by atoms with van der Waals surface area (Å²) in [5.41, 5.74) is 2.82. The maximum Gasteiger partial charge on any atom is 0.407 e. The zero-order chi connectivity index (χ0) is 42.5. The van der Waals surface area contributed by atoms with Crippen molar-refractivity contribution in [3.63, 3.8) is 0 Å². The summed E-state index contributed by atoms with van der Waals surface area (Å²) in [5, 5.41) is 5.36. The molecule has 1 spiro atoms. The van der Waals surface area contributed by atoms with E-state index in [1.54, 1.807) is 58.2 Å². The first-order valence-corrected chi connectivity index (χ1v) is 21.7. The number of aromatic nitrogens is 4. The van der Waals surface area contributed by atoms with Gasteiger partial charge < -0.3 is 39.9 Å². The first-order chi connectivity index (χ1) is 28.8. The Bertz CT molecular complexity index is 2310. The van der Waals surface area contributed by atoms with Crippen LogP contribution < -0.4 is 10.6 Å². The number of fused-ring (bicyclic) bond motifs is 3. The fourth-order valence-corrected chi connectivity index (χ4v) is 9.49.